The lowest BCUT2D eigenvalue weighted by Crippen LogP contribution is -2.51. The van der Waals surface area contributed by atoms with Gasteiger partial charge in [-0.1, -0.05) is 12.1 Å². The van der Waals surface area contributed by atoms with E-state index in [0.717, 1.165) is 29.4 Å². The molecule has 114 valence electrons. The Hall–Kier alpha value is -1.03. The second-order valence-electron chi connectivity index (χ2n) is 7.37. The van der Waals surface area contributed by atoms with Crippen molar-refractivity contribution in [3.63, 3.8) is 0 Å². The van der Waals surface area contributed by atoms with Crippen molar-refractivity contribution in [1.82, 2.24) is 0 Å². The van der Waals surface area contributed by atoms with Crippen LogP contribution in [0.1, 0.15) is 32.1 Å². The van der Waals surface area contributed by atoms with Gasteiger partial charge in [0.05, 0.1) is 10.6 Å². The van der Waals surface area contributed by atoms with Gasteiger partial charge in [0.1, 0.15) is 0 Å². The molecule has 1 aromatic rings. The Kier molecular flexibility index (Phi) is 3.07. The van der Waals surface area contributed by atoms with E-state index in [9.17, 15) is 8.42 Å². The highest BCUT2D eigenvalue weighted by Gasteiger charge is 2.48. The van der Waals surface area contributed by atoms with Gasteiger partial charge in [-0.3, -0.25) is 0 Å². The molecule has 0 saturated heterocycles. The van der Waals surface area contributed by atoms with Crippen molar-refractivity contribution in [2.75, 3.05) is 11.6 Å². The summed E-state index contributed by atoms with van der Waals surface area (Å²) in [5.74, 6) is 3.37. The molecule has 0 unspecified atom stereocenters. The van der Waals surface area contributed by atoms with E-state index in [4.69, 9.17) is 0 Å². The maximum Gasteiger partial charge on any atom is 0.177 e. The van der Waals surface area contributed by atoms with Gasteiger partial charge in [-0.15, -0.1) is 0 Å². The van der Waals surface area contributed by atoms with Crippen LogP contribution in [0.4, 0.5) is 5.69 Å². The summed E-state index contributed by atoms with van der Waals surface area (Å²) in [6.45, 7) is 0. The van der Waals surface area contributed by atoms with Gasteiger partial charge in [-0.25, -0.2) is 8.42 Å². The predicted molar refractivity (Wildman–Crippen MR) is 84.0 cm³/mol. The van der Waals surface area contributed by atoms with E-state index >= 15 is 0 Å². The summed E-state index contributed by atoms with van der Waals surface area (Å²) < 4.78 is 23.9. The normalized spacial score (nSPS) is 37.7. The molecule has 4 aliphatic carbocycles. The largest absolute Gasteiger partial charge is 0.381 e. The fraction of sp³-hybridized carbons (Fsp3) is 0.647. The van der Waals surface area contributed by atoms with Crippen molar-refractivity contribution in [2.24, 2.45) is 23.7 Å². The van der Waals surface area contributed by atoms with Crippen LogP contribution < -0.4 is 5.32 Å². The zero-order valence-electron chi connectivity index (χ0n) is 12.5. The molecule has 21 heavy (non-hydrogen) atoms. The van der Waals surface area contributed by atoms with Crippen LogP contribution in [0.5, 0.6) is 0 Å². The van der Waals surface area contributed by atoms with Crippen LogP contribution in [-0.4, -0.2) is 20.7 Å². The lowest BCUT2D eigenvalue weighted by Gasteiger charge is -2.54. The van der Waals surface area contributed by atoms with Gasteiger partial charge in [-0.05, 0) is 67.9 Å². The Balaban J connectivity index is 1.63. The van der Waals surface area contributed by atoms with Crippen molar-refractivity contribution >= 4 is 15.5 Å². The Bertz CT molecular complexity index is 625. The number of nitrogens with one attached hydrogen (secondary N) is 1. The first-order valence-corrected chi connectivity index (χ1v) is 9.95. The van der Waals surface area contributed by atoms with Crippen LogP contribution in [0.15, 0.2) is 29.2 Å². The maximum atomic E-state index is 12.0. The summed E-state index contributed by atoms with van der Waals surface area (Å²) in [6.07, 6.45) is 8.10. The van der Waals surface area contributed by atoms with Crippen molar-refractivity contribution in [1.29, 1.82) is 0 Å². The summed E-state index contributed by atoms with van der Waals surface area (Å²) in [6, 6.07) is 7.83. The molecule has 4 aliphatic rings. The first-order chi connectivity index (χ1) is 10.0. The van der Waals surface area contributed by atoms with E-state index in [-0.39, 0.29) is 0 Å². The lowest BCUT2D eigenvalue weighted by molar-refractivity contribution is 0.00746. The number of sulfone groups is 1. The minimum Gasteiger partial charge on any atom is -0.381 e. The highest BCUT2D eigenvalue weighted by Crippen LogP contribution is 2.54. The average molecular weight is 305 g/mol. The highest BCUT2D eigenvalue weighted by atomic mass is 32.2. The Morgan fingerprint density at radius 3 is 2.10 bits per heavy atom. The molecule has 0 radical (unpaired) electrons. The molecule has 1 N–H and O–H groups in total. The van der Waals surface area contributed by atoms with Crippen LogP contribution in [0.3, 0.4) is 0 Å². The molecule has 1 aromatic carbocycles. The molecule has 0 heterocycles. The summed E-state index contributed by atoms with van der Waals surface area (Å²) >= 11 is 0. The van der Waals surface area contributed by atoms with Crippen molar-refractivity contribution in [3.8, 4) is 0 Å². The molecular weight excluding hydrogens is 282 g/mol. The van der Waals surface area contributed by atoms with Gasteiger partial charge in [-0.2, -0.15) is 0 Å². The van der Waals surface area contributed by atoms with Crippen molar-refractivity contribution in [2.45, 2.75) is 43.0 Å². The molecule has 0 atom stereocenters. The minimum absolute atomic E-state index is 0.443. The number of anilines is 1. The molecule has 4 bridgehead atoms. The van der Waals surface area contributed by atoms with E-state index in [1.807, 2.05) is 12.1 Å². The van der Waals surface area contributed by atoms with Gasteiger partial charge in [0.15, 0.2) is 9.84 Å². The fourth-order valence-electron chi connectivity index (χ4n) is 5.25. The van der Waals surface area contributed by atoms with Crippen molar-refractivity contribution in [3.05, 3.63) is 24.3 Å². The van der Waals surface area contributed by atoms with Crippen molar-refractivity contribution < 1.29 is 8.42 Å². The van der Waals surface area contributed by atoms with E-state index < -0.39 is 9.84 Å². The standard InChI is InChI=1S/C17H23NO2S/c1-21(19,20)16-5-3-2-4-15(16)18-17-13-7-11-6-12(9-13)10-14(17)8-11/h2-5,11-14,17-18H,6-10H2,1H3. The lowest BCUT2D eigenvalue weighted by atomic mass is 9.54. The van der Waals surface area contributed by atoms with Gasteiger partial charge in [0.2, 0.25) is 0 Å². The second kappa shape index (κ2) is 4.73. The Labute approximate surface area is 127 Å². The molecular formula is C17H23NO2S. The summed E-state index contributed by atoms with van der Waals surface area (Å²) in [5, 5.41) is 3.62. The first-order valence-electron chi connectivity index (χ1n) is 8.06. The minimum atomic E-state index is -3.17. The van der Waals surface area contributed by atoms with Crippen LogP contribution in [-0.2, 0) is 9.84 Å². The zero-order valence-corrected chi connectivity index (χ0v) is 13.3. The predicted octanol–water partition coefficient (Wildman–Crippen LogP) is 3.33. The van der Waals surface area contributed by atoms with Crippen LogP contribution in [0.2, 0.25) is 0 Å². The smallest absolute Gasteiger partial charge is 0.177 e. The van der Waals surface area contributed by atoms with E-state index in [2.05, 4.69) is 5.32 Å². The molecule has 0 aromatic heterocycles. The van der Waals surface area contributed by atoms with E-state index in [1.165, 1.54) is 38.4 Å². The molecule has 4 heteroatoms. The highest BCUT2D eigenvalue weighted by molar-refractivity contribution is 7.90. The SMILES string of the molecule is CS(=O)(=O)c1ccccc1NC1C2CC3CC(C2)CC1C3. The second-order valence-corrected chi connectivity index (χ2v) is 9.35. The quantitative estimate of drug-likeness (QED) is 0.931. The van der Waals surface area contributed by atoms with Crippen LogP contribution in [0, 0.1) is 23.7 Å². The van der Waals surface area contributed by atoms with Crippen LogP contribution >= 0.6 is 0 Å². The number of hydrogen-bond acceptors (Lipinski definition) is 3. The molecule has 0 aliphatic heterocycles. The monoisotopic (exact) mass is 305 g/mol. The van der Waals surface area contributed by atoms with E-state index in [1.54, 1.807) is 12.1 Å². The molecule has 3 nitrogen and oxygen atoms in total. The summed E-state index contributed by atoms with van der Waals surface area (Å²) in [5.41, 5.74) is 0.803. The first kappa shape index (κ1) is 13.6. The number of para-hydroxylation sites is 1. The third-order valence-electron chi connectivity index (χ3n) is 5.84. The van der Waals surface area contributed by atoms with Gasteiger partial charge >= 0.3 is 0 Å². The number of benzene rings is 1. The average Bonchev–Trinajstić information content (AvgIpc) is 2.41. The number of hydrogen-bond donors (Lipinski definition) is 1. The Morgan fingerprint density at radius 1 is 0.952 bits per heavy atom. The van der Waals surface area contributed by atoms with Gasteiger partial charge in [0.25, 0.3) is 0 Å². The third-order valence-corrected chi connectivity index (χ3v) is 6.99. The zero-order chi connectivity index (χ0) is 14.6. The summed E-state index contributed by atoms with van der Waals surface area (Å²) in [4.78, 5) is 0.443. The fourth-order valence-corrected chi connectivity index (χ4v) is 6.10. The maximum absolute atomic E-state index is 12.0. The van der Waals surface area contributed by atoms with E-state index in [0.29, 0.717) is 10.9 Å². The third kappa shape index (κ3) is 2.37. The Morgan fingerprint density at radius 2 is 1.52 bits per heavy atom. The van der Waals surface area contributed by atoms with Gasteiger partial charge in [0, 0.05) is 12.3 Å². The summed E-state index contributed by atoms with van der Waals surface area (Å²) in [7, 11) is -3.17. The van der Waals surface area contributed by atoms with Gasteiger partial charge < -0.3 is 5.32 Å². The molecule has 4 saturated carbocycles. The molecule has 5 rings (SSSR count). The topological polar surface area (TPSA) is 46.2 Å². The molecule has 4 fully saturated rings. The molecule has 0 amide bonds. The number of rotatable bonds is 3. The van der Waals surface area contributed by atoms with Crippen LogP contribution in [0.25, 0.3) is 0 Å². The molecule has 0 spiro atoms.